The SMILES string of the molecule is CN(C)c1ccc(N2CCOCC2)c([N+](=O)[O-])c1. The van der Waals surface area contributed by atoms with Crippen molar-refractivity contribution in [1.29, 1.82) is 0 Å². The Morgan fingerprint density at radius 2 is 2.00 bits per heavy atom. The average Bonchev–Trinajstić information content (AvgIpc) is 2.39. The van der Waals surface area contributed by atoms with Crippen LogP contribution in [-0.2, 0) is 4.74 Å². The van der Waals surface area contributed by atoms with Crippen LogP contribution in [0.1, 0.15) is 0 Å². The molecule has 0 bridgehead atoms. The van der Waals surface area contributed by atoms with Crippen LogP contribution < -0.4 is 9.80 Å². The molecule has 1 saturated heterocycles. The summed E-state index contributed by atoms with van der Waals surface area (Å²) in [6.07, 6.45) is 0. The zero-order valence-electron chi connectivity index (χ0n) is 10.6. The molecule has 0 aromatic heterocycles. The maximum absolute atomic E-state index is 11.2. The summed E-state index contributed by atoms with van der Waals surface area (Å²) in [6.45, 7) is 2.63. The molecule has 1 fully saturated rings. The first-order valence-electron chi connectivity index (χ1n) is 5.88. The van der Waals surface area contributed by atoms with Gasteiger partial charge in [-0.15, -0.1) is 0 Å². The van der Waals surface area contributed by atoms with Gasteiger partial charge in [-0.05, 0) is 12.1 Å². The predicted octanol–water partition coefficient (Wildman–Crippen LogP) is 1.50. The molecule has 0 radical (unpaired) electrons. The molecule has 0 spiro atoms. The number of benzene rings is 1. The van der Waals surface area contributed by atoms with Crippen molar-refractivity contribution < 1.29 is 9.66 Å². The number of morpholine rings is 1. The second-order valence-electron chi connectivity index (χ2n) is 4.42. The van der Waals surface area contributed by atoms with Crippen LogP contribution >= 0.6 is 0 Å². The number of nitro benzene ring substituents is 1. The molecule has 1 aliphatic heterocycles. The first-order chi connectivity index (χ1) is 8.59. The van der Waals surface area contributed by atoms with E-state index in [1.807, 2.05) is 36.0 Å². The Kier molecular flexibility index (Phi) is 3.66. The molecule has 1 aromatic rings. The number of anilines is 2. The van der Waals surface area contributed by atoms with Gasteiger partial charge >= 0.3 is 0 Å². The number of hydrogen-bond donors (Lipinski definition) is 0. The standard InChI is InChI=1S/C12H17N3O3/c1-13(2)10-3-4-11(12(9-10)15(16)17)14-5-7-18-8-6-14/h3-4,9H,5-8H2,1-2H3. The molecule has 6 heteroatoms. The maximum Gasteiger partial charge on any atom is 0.294 e. The van der Waals surface area contributed by atoms with E-state index >= 15 is 0 Å². The summed E-state index contributed by atoms with van der Waals surface area (Å²) >= 11 is 0. The van der Waals surface area contributed by atoms with Gasteiger partial charge < -0.3 is 14.5 Å². The number of nitrogens with zero attached hydrogens (tertiary/aromatic N) is 3. The van der Waals surface area contributed by atoms with Crippen LogP contribution in [-0.4, -0.2) is 45.3 Å². The summed E-state index contributed by atoms with van der Waals surface area (Å²) in [5, 5.41) is 11.2. The topological polar surface area (TPSA) is 58.8 Å². The molecule has 1 aromatic carbocycles. The average molecular weight is 251 g/mol. The fourth-order valence-corrected chi connectivity index (χ4v) is 2.01. The van der Waals surface area contributed by atoms with Crippen molar-refractivity contribution in [3.8, 4) is 0 Å². The van der Waals surface area contributed by atoms with Gasteiger partial charge in [0.1, 0.15) is 5.69 Å². The van der Waals surface area contributed by atoms with Gasteiger partial charge in [0.05, 0.1) is 18.1 Å². The van der Waals surface area contributed by atoms with Crippen molar-refractivity contribution in [2.24, 2.45) is 0 Å². The normalized spacial score (nSPS) is 15.6. The van der Waals surface area contributed by atoms with Crippen molar-refractivity contribution in [3.05, 3.63) is 28.3 Å². The lowest BCUT2D eigenvalue weighted by Crippen LogP contribution is -2.36. The summed E-state index contributed by atoms with van der Waals surface area (Å²) in [4.78, 5) is 14.7. The lowest BCUT2D eigenvalue weighted by molar-refractivity contribution is -0.384. The molecule has 18 heavy (non-hydrogen) atoms. The highest BCUT2D eigenvalue weighted by molar-refractivity contribution is 5.69. The van der Waals surface area contributed by atoms with E-state index in [0.717, 1.165) is 5.69 Å². The molecule has 0 unspecified atom stereocenters. The Labute approximate surface area is 106 Å². The van der Waals surface area contributed by atoms with Crippen LogP contribution in [0, 0.1) is 10.1 Å². The van der Waals surface area contributed by atoms with Gasteiger partial charge in [0.25, 0.3) is 5.69 Å². The third-order valence-corrected chi connectivity index (χ3v) is 3.02. The minimum absolute atomic E-state index is 0.156. The summed E-state index contributed by atoms with van der Waals surface area (Å²) in [6, 6.07) is 5.33. The van der Waals surface area contributed by atoms with Crippen LogP contribution in [0.15, 0.2) is 18.2 Å². The molecule has 0 saturated carbocycles. The summed E-state index contributed by atoms with van der Waals surface area (Å²) < 4.78 is 5.26. The molecule has 1 heterocycles. The van der Waals surface area contributed by atoms with Crippen LogP contribution in [0.4, 0.5) is 17.1 Å². The lowest BCUT2D eigenvalue weighted by Gasteiger charge is -2.28. The Balaban J connectivity index is 2.36. The first-order valence-corrected chi connectivity index (χ1v) is 5.88. The van der Waals surface area contributed by atoms with Crippen molar-refractivity contribution in [2.75, 3.05) is 50.2 Å². The molecule has 1 aliphatic rings. The second-order valence-corrected chi connectivity index (χ2v) is 4.42. The molecule has 0 aliphatic carbocycles. The number of nitro groups is 1. The van der Waals surface area contributed by atoms with Gasteiger partial charge in [-0.2, -0.15) is 0 Å². The van der Waals surface area contributed by atoms with Gasteiger partial charge in [-0.1, -0.05) is 0 Å². The minimum atomic E-state index is -0.322. The van der Waals surface area contributed by atoms with E-state index in [4.69, 9.17) is 4.74 Å². The quantitative estimate of drug-likeness (QED) is 0.602. The van der Waals surface area contributed by atoms with E-state index in [0.29, 0.717) is 32.0 Å². The number of hydrogen-bond acceptors (Lipinski definition) is 5. The molecule has 0 atom stereocenters. The first kappa shape index (κ1) is 12.6. The van der Waals surface area contributed by atoms with Crippen molar-refractivity contribution >= 4 is 17.1 Å². The molecule has 98 valence electrons. The van der Waals surface area contributed by atoms with Crippen LogP contribution in [0.25, 0.3) is 0 Å². The lowest BCUT2D eigenvalue weighted by atomic mass is 10.2. The Bertz CT molecular complexity index is 442. The summed E-state index contributed by atoms with van der Waals surface area (Å²) in [7, 11) is 3.74. The van der Waals surface area contributed by atoms with E-state index in [-0.39, 0.29) is 10.6 Å². The molecular formula is C12H17N3O3. The summed E-state index contributed by atoms with van der Waals surface area (Å²) in [5.74, 6) is 0. The van der Waals surface area contributed by atoms with Crippen LogP contribution in [0.3, 0.4) is 0 Å². The number of ether oxygens (including phenoxy) is 1. The summed E-state index contributed by atoms with van der Waals surface area (Å²) in [5.41, 5.74) is 1.66. The molecular weight excluding hydrogens is 234 g/mol. The van der Waals surface area contributed by atoms with E-state index < -0.39 is 0 Å². The molecule has 0 N–H and O–H groups in total. The highest BCUT2D eigenvalue weighted by atomic mass is 16.6. The third-order valence-electron chi connectivity index (χ3n) is 3.02. The third kappa shape index (κ3) is 2.53. The Morgan fingerprint density at radius 3 is 2.56 bits per heavy atom. The fraction of sp³-hybridized carbons (Fsp3) is 0.500. The number of rotatable bonds is 3. The monoisotopic (exact) mass is 251 g/mol. The van der Waals surface area contributed by atoms with Gasteiger partial charge in [-0.3, -0.25) is 10.1 Å². The zero-order chi connectivity index (χ0) is 13.1. The second kappa shape index (κ2) is 5.22. The van der Waals surface area contributed by atoms with Crippen LogP contribution in [0.5, 0.6) is 0 Å². The Morgan fingerprint density at radius 1 is 1.33 bits per heavy atom. The fourth-order valence-electron chi connectivity index (χ4n) is 2.01. The minimum Gasteiger partial charge on any atom is -0.378 e. The van der Waals surface area contributed by atoms with Crippen LogP contribution in [0.2, 0.25) is 0 Å². The largest absolute Gasteiger partial charge is 0.378 e. The predicted molar refractivity (Wildman–Crippen MR) is 70.5 cm³/mol. The van der Waals surface area contributed by atoms with Crippen molar-refractivity contribution in [3.63, 3.8) is 0 Å². The van der Waals surface area contributed by atoms with E-state index in [9.17, 15) is 10.1 Å². The molecule has 0 amide bonds. The molecule has 2 rings (SSSR count). The van der Waals surface area contributed by atoms with Gasteiger partial charge in [0.2, 0.25) is 0 Å². The highest BCUT2D eigenvalue weighted by Crippen LogP contribution is 2.32. The molecule has 6 nitrogen and oxygen atoms in total. The van der Waals surface area contributed by atoms with E-state index in [2.05, 4.69) is 0 Å². The van der Waals surface area contributed by atoms with Gasteiger partial charge in [0, 0.05) is 38.9 Å². The van der Waals surface area contributed by atoms with E-state index in [1.54, 1.807) is 6.07 Å². The highest BCUT2D eigenvalue weighted by Gasteiger charge is 2.22. The smallest absolute Gasteiger partial charge is 0.294 e. The Hall–Kier alpha value is -1.82. The van der Waals surface area contributed by atoms with Crippen molar-refractivity contribution in [2.45, 2.75) is 0 Å². The van der Waals surface area contributed by atoms with E-state index in [1.165, 1.54) is 0 Å². The van der Waals surface area contributed by atoms with Gasteiger partial charge in [0.15, 0.2) is 0 Å². The zero-order valence-corrected chi connectivity index (χ0v) is 10.6. The van der Waals surface area contributed by atoms with Gasteiger partial charge in [-0.25, -0.2) is 0 Å². The van der Waals surface area contributed by atoms with Crippen molar-refractivity contribution in [1.82, 2.24) is 0 Å². The maximum atomic E-state index is 11.2.